The monoisotopic (exact) mass is 406 g/mol. The largest absolute Gasteiger partial charge is 0.389 e. The molecule has 0 bridgehead atoms. The fraction of sp³-hybridized carbons (Fsp3) is 0.462. The molecule has 0 saturated carbocycles. The Morgan fingerprint density at radius 3 is 2.30 bits per heavy atom. The molecule has 110 valence electrons. The van der Waals surface area contributed by atoms with Gasteiger partial charge >= 0.3 is 0 Å². The lowest BCUT2D eigenvalue weighted by Crippen LogP contribution is -2.32. The topological polar surface area (TPSA) is 72.8 Å². The van der Waals surface area contributed by atoms with E-state index in [1.54, 1.807) is 4.90 Å². The zero-order chi connectivity index (χ0) is 14.9. The molecule has 3 N–H and O–H groups in total. The van der Waals surface area contributed by atoms with Crippen LogP contribution in [0.15, 0.2) is 21.1 Å². The highest BCUT2D eigenvalue weighted by atomic mass is 79.9. The van der Waals surface area contributed by atoms with Gasteiger partial charge in [-0.15, -0.1) is 0 Å². The molecular weight excluding hydrogens is 392 g/mol. The normalized spacial score (nSPS) is 23.1. The van der Waals surface area contributed by atoms with E-state index in [9.17, 15) is 15.0 Å². The Labute approximate surface area is 134 Å². The van der Waals surface area contributed by atoms with Crippen molar-refractivity contribution in [2.24, 2.45) is 0 Å². The first-order valence-corrected chi connectivity index (χ1v) is 7.79. The summed E-state index contributed by atoms with van der Waals surface area (Å²) in [6, 6.07) is 3.84. The lowest BCUT2D eigenvalue weighted by molar-refractivity contribution is -0.117. The maximum absolute atomic E-state index is 12.0. The summed E-state index contributed by atoms with van der Waals surface area (Å²) in [5.41, 5.74) is 1.76. The molecule has 2 rings (SSSR count). The second-order valence-electron chi connectivity index (χ2n) is 4.98. The van der Waals surface area contributed by atoms with Crippen molar-refractivity contribution in [3.8, 4) is 0 Å². The van der Waals surface area contributed by atoms with Crippen LogP contribution in [-0.2, 0) is 4.79 Å². The Balaban J connectivity index is 1.99. The van der Waals surface area contributed by atoms with Crippen LogP contribution in [0.1, 0.15) is 5.56 Å². The highest BCUT2D eigenvalue weighted by molar-refractivity contribution is 9.11. The first-order valence-electron chi connectivity index (χ1n) is 6.21. The average Bonchev–Trinajstić information content (AvgIpc) is 2.63. The molecule has 1 saturated heterocycles. The third kappa shape index (κ3) is 3.79. The third-order valence-corrected chi connectivity index (χ3v) is 4.40. The van der Waals surface area contributed by atoms with E-state index in [0.717, 1.165) is 14.5 Å². The number of aliphatic hydroxyl groups is 2. The Morgan fingerprint density at radius 2 is 1.80 bits per heavy atom. The van der Waals surface area contributed by atoms with Gasteiger partial charge in [0.05, 0.1) is 24.4 Å². The van der Waals surface area contributed by atoms with Crippen LogP contribution in [0.4, 0.5) is 5.69 Å². The predicted molar refractivity (Wildman–Crippen MR) is 83.7 cm³/mol. The number of aliphatic hydroxyl groups excluding tert-OH is 2. The smallest absolute Gasteiger partial charge is 0.238 e. The molecule has 1 amide bonds. The van der Waals surface area contributed by atoms with E-state index in [1.165, 1.54) is 0 Å². The van der Waals surface area contributed by atoms with E-state index in [2.05, 4.69) is 37.2 Å². The van der Waals surface area contributed by atoms with Crippen LogP contribution in [-0.4, -0.2) is 52.9 Å². The van der Waals surface area contributed by atoms with Crippen LogP contribution in [0.25, 0.3) is 0 Å². The van der Waals surface area contributed by atoms with E-state index < -0.39 is 12.2 Å². The number of carbonyl (C=O) groups is 1. The van der Waals surface area contributed by atoms with Crippen molar-refractivity contribution in [1.29, 1.82) is 0 Å². The van der Waals surface area contributed by atoms with Gasteiger partial charge in [0.15, 0.2) is 0 Å². The van der Waals surface area contributed by atoms with Gasteiger partial charge in [-0.1, -0.05) is 0 Å². The number of rotatable bonds is 3. The Morgan fingerprint density at radius 1 is 1.30 bits per heavy atom. The molecule has 0 unspecified atom stereocenters. The second-order valence-corrected chi connectivity index (χ2v) is 6.69. The SMILES string of the molecule is Cc1cc(Br)c(NC(=O)CN2C[C@@H](O)[C@@H](O)C2)c(Br)c1. The molecular formula is C13H16Br2N2O3. The number of anilines is 1. The van der Waals surface area contributed by atoms with Gasteiger partial charge in [0.1, 0.15) is 0 Å². The fourth-order valence-electron chi connectivity index (χ4n) is 2.18. The minimum atomic E-state index is -0.777. The first-order chi connectivity index (χ1) is 9.36. The van der Waals surface area contributed by atoms with Crippen molar-refractivity contribution in [2.75, 3.05) is 25.0 Å². The number of halogens is 2. The molecule has 7 heteroatoms. The molecule has 1 aliphatic heterocycles. The van der Waals surface area contributed by atoms with Gasteiger partial charge in [-0.05, 0) is 56.5 Å². The molecule has 0 radical (unpaired) electrons. The zero-order valence-corrected chi connectivity index (χ0v) is 14.1. The molecule has 0 aliphatic carbocycles. The van der Waals surface area contributed by atoms with E-state index >= 15 is 0 Å². The van der Waals surface area contributed by atoms with E-state index in [0.29, 0.717) is 18.8 Å². The van der Waals surface area contributed by atoms with Crippen LogP contribution in [0, 0.1) is 6.92 Å². The standard InChI is InChI=1S/C13H16Br2N2O3/c1-7-2-8(14)13(9(15)3-7)16-12(20)6-17-4-10(18)11(19)5-17/h2-3,10-11,18-19H,4-6H2,1H3,(H,16,20)/t10-,11+. The number of nitrogens with zero attached hydrogens (tertiary/aromatic N) is 1. The Hall–Kier alpha value is -0.470. The van der Waals surface area contributed by atoms with Gasteiger partial charge in [0.25, 0.3) is 0 Å². The summed E-state index contributed by atoms with van der Waals surface area (Å²) in [6.45, 7) is 2.73. The molecule has 1 aliphatic rings. The van der Waals surface area contributed by atoms with E-state index in [4.69, 9.17) is 0 Å². The number of benzene rings is 1. The zero-order valence-electron chi connectivity index (χ0n) is 10.9. The van der Waals surface area contributed by atoms with Crippen LogP contribution in [0.3, 0.4) is 0 Å². The summed E-state index contributed by atoms with van der Waals surface area (Å²) in [6.07, 6.45) is -1.55. The maximum atomic E-state index is 12.0. The van der Waals surface area contributed by atoms with E-state index in [-0.39, 0.29) is 12.5 Å². The molecule has 5 nitrogen and oxygen atoms in total. The second kappa shape index (κ2) is 6.53. The number of nitrogens with one attached hydrogen (secondary N) is 1. The molecule has 1 fully saturated rings. The molecule has 1 aromatic rings. The number of aryl methyl sites for hydroxylation is 1. The minimum absolute atomic E-state index is 0.140. The van der Waals surface area contributed by atoms with Gasteiger partial charge in [-0.3, -0.25) is 9.69 Å². The lowest BCUT2D eigenvalue weighted by atomic mass is 10.2. The summed E-state index contributed by atoms with van der Waals surface area (Å²) in [5.74, 6) is -0.184. The minimum Gasteiger partial charge on any atom is -0.389 e. The number of β-amino-alcohol motifs (C(OH)–C–C–N with tert-alkyl or cyclic N) is 2. The third-order valence-electron chi connectivity index (χ3n) is 3.15. The number of likely N-dealkylation sites (tertiary alicyclic amines) is 1. The van der Waals surface area contributed by atoms with Crippen LogP contribution >= 0.6 is 31.9 Å². The molecule has 0 aromatic heterocycles. The van der Waals surface area contributed by atoms with Crippen molar-refractivity contribution in [3.05, 3.63) is 26.6 Å². The summed E-state index contributed by atoms with van der Waals surface area (Å²) in [5, 5.41) is 21.7. The summed E-state index contributed by atoms with van der Waals surface area (Å²) < 4.78 is 1.61. The molecule has 0 spiro atoms. The average molecular weight is 408 g/mol. The quantitative estimate of drug-likeness (QED) is 0.709. The molecule has 1 heterocycles. The molecule has 1 aromatic carbocycles. The van der Waals surface area contributed by atoms with Gasteiger partial charge in [-0.25, -0.2) is 0 Å². The van der Waals surface area contributed by atoms with Crippen molar-refractivity contribution >= 4 is 43.5 Å². The Kier molecular flexibility index (Phi) is 5.19. The molecule has 2 atom stereocenters. The van der Waals surface area contributed by atoms with Gasteiger partial charge in [0, 0.05) is 22.0 Å². The highest BCUT2D eigenvalue weighted by Gasteiger charge is 2.30. The first kappa shape index (κ1) is 15.9. The predicted octanol–water partition coefficient (Wildman–Crippen LogP) is 1.50. The van der Waals surface area contributed by atoms with Crippen molar-refractivity contribution in [2.45, 2.75) is 19.1 Å². The van der Waals surface area contributed by atoms with Crippen molar-refractivity contribution < 1.29 is 15.0 Å². The maximum Gasteiger partial charge on any atom is 0.238 e. The van der Waals surface area contributed by atoms with Crippen molar-refractivity contribution in [1.82, 2.24) is 4.90 Å². The summed E-state index contributed by atoms with van der Waals surface area (Å²) >= 11 is 6.84. The number of amides is 1. The number of carbonyl (C=O) groups excluding carboxylic acids is 1. The summed E-state index contributed by atoms with van der Waals surface area (Å²) in [7, 11) is 0. The highest BCUT2D eigenvalue weighted by Crippen LogP contribution is 2.32. The van der Waals surface area contributed by atoms with Gasteiger partial charge < -0.3 is 15.5 Å². The van der Waals surface area contributed by atoms with Gasteiger partial charge in [0.2, 0.25) is 5.91 Å². The van der Waals surface area contributed by atoms with Crippen LogP contribution < -0.4 is 5.32 Å². The number of hydrogen-bond donors (Lipinski definition) is 3. The van der Waals surface area contributed by atoms with Crippen LogP contribution in [0.5, 0.6) is 0 Å². The summed E-state index contributed by atoms with van der Waals surface area (Å²) in [4.78, 5) is 13.7. The number of hydrogen-bond acceptors (Lipinski definition) is 4. The lowest BCUT2D eigenvalue weighted by Gasteiger charge is -2.16. The van der Waals surface area contributed by atoms with Gasteiger partial charge in [-0.2, -0.15) is 0 Å². The van der Waals surface area contributed by atoms with E-state index in [1.807, 2.05) is 19.1 Å². The van der Waals surface area contributed by atoms with Crippen molar-refractivity contribution in [3.63, 3.8) is 0 Å². The molecule has 20 heavy (non-hydrogen) atoms. The van der Waals surface area contributed by atoms with Crippen LogP contribution in [0.2, 0.25) is 0 Å². The Bertz CT molecular complexity index is 491. The fourth-order valence-corrected chi connectivity index (χ4v) is 3.79.